The van der Waals surface area contributed by atoms with E-state index in [4.69, 9.17) is 9.97 Å². The lowest BCUT2D eigenvalue weighted by atomic mass is 9.91. The Bertz CT molecular complexity index is 1070. The van der Waals surface area contributed by atoms with Gasteiger partial charge in [0.05, 0.1) is 23.5 Å². The quantitative estimate of drug-likeness (QED) is 0.494. The molecule has 0 unspecified atom stereocenters. The zero-order valence-electron chi connectivity index (χ0n) is 16.1. The third-order valence-electron chi connectivity index (χ3n) is 5.02. The van der Waals surface area contributed by atoms with Crippen molar-refractivity contribution in [2.24, 2.45) is 0 Å². The maximum atomic E-state index is 13.6. The predicted molar refractivity (Wildman–Crippen MR) is 120 cm³/mol. The fourth-order valence-corrected chi connectivity index (χ4v) is 3.98. The SMILES string of the molecule is CCCc1nc2c(nc1NC(=O)Cc1ccc(I)cc1)CCc1cc(F)ccc1-2. The van der Waals surface area contributed by atoms with Crippen molar-refractivity contribution >= 4 is 34.3 Å². The number of carbonyl (C=O) groups is 1. The first kappa shape index (κ1) is 19.9. The molecule has 0 bridgehead atoms. The molecule has 0 atom stereocenters. The van der Waals surface area contributed by atoms with Crippen molar-refractivity contribution < 1.29 is 9.18 Å². The van der Waals surface area contributed by atoms with Crippen molar-refractivity contribution in [3.8, 4) is 11.3 Å². The number of anilines is 1. The first-order valence-corrected chi connectivity index (χ1v) is 10.8. The zero-order chi connectivity index (χ0) is 20.4. The second-order valence-corrected chi connectivity index (χ2v) is 8.46. The summed E-state index contributed by atoms with van der Waals surface area (Å²) in [5.74, 6) is 0.219. The predicted octanol–water partition coefficient (Wildman–Crippen LogP) is 5.12. The number of aryl methyl sites for hydroxylation is 3. The van der Waals surface area contributed by atoms with Gasteiger partial charge in [-0.3, -0.25) is 4.79 Å². The molecule has 3 aromatic rings. The van der Waals surface area contributed by atoms with E-state index in [2.05, 4.69) is 34.8 Å². The van der Waals surface area contributed by atoms with Crippen LogP contribution in [0.4, 0.5) is 10.2 Å². The number of carbonyl (C=O) groups excluding carboxylic acids is 1. The van der Waals surface area contributed by atoms with Crippen LogP contribution in [0.25, 0.3) is 11.3 Å². The van der Waals surface area contributed by atoms with Gasteiger partial charge >= 0.3 is 0 Å². The molecule has 1 aliphatic carbocycles. The largest absolute Gasteiger partial charge is 0.309 e. The van der Waals surface area contributed by atoms with Gasteiger partial charge in [-0.05, 0) is 83.3 Å². The average molecular weight is 501 g/mol. The Labute approximate surface area is 183 Å². The number of nitrogens with zero attached hydrogens (tertiary/aromatic N) is 2. The van der Waals surface area contributed by atoms with E-state index in [0.717, 1.165) is 56.6 Å². The number of nitrogens with one attached hydrogen (secondary N) is 1. The molecule has 0 spiro atoms. The Morgan fingerprint density at radius 1 is 1.14 bits per heavy atom. The minimum atomic E-state index is -0.228. The summed E-state index contributed by atoms with van der Waals surface area (Å²) in [5.41, 5.74) is 5.30. The van der Waals surface area contributed by atoms with Gasteiger partial charge in [0.15, 0.2) is 5.82 Å². The second kappa shape index (κ2) is 8.57. The molecule has 0 saturated heterocycles. The van der Waals surface area contributed by atoms with Gasteiger partial charge in [-0.1, -0.05) is 25.5 Å². The summed E-state index contributed by atoms with van der Waals surface area (Å²) < 4.78 is 14.7. The molecule has 1 aromatic heterocycles. The number of fused-ring (bicyclic) bond motifs is 3. The monoisotopic (exact) mass is 501 g/mol. The second-order valence-electron chi connectivity index (χ2n) is 7.22. The standard InChI is InChI=1S/C23H21FIN3O/c1-2-3-20-23(28-21(29)12-14-4-8-17(25)9-5-14)27-19-11-6-15-13-16(24)7-10-18(15)22(19)26-20/h4-5,7-10,13H,2-3,6,11-12H2,1H3,(H,27,28,29). The van der Waals surface area contributed by atoms with Crippen LogP contribution >= 0.6 is 22.6 Å². The lowest BCUT2D eigenvalue weighted by Gasteiger charge is -2.21. The van der Waals surface area contributed by atoms with Gasteiger partial charge in [-0.2, -0.15) is 0 Å². The van der Waals surface area contributed by atoms with Crippen LogP contribution in [0.5, 0.6) is 0 Å². The number of rotatable bonds is 5. The maximum absolute atomic E-state index is 13.6. The molecule has 1 N–H and O–H groups in total. The third kappa shape index (κ3) is 4.47. The Morgan fingerprint density at radius 3 is 2.69 bits per heavy atom. The van der Waals surface area contributed by atoms with E-state index in [-0.39, 0.29) is 11.7 Å². The molecular formula is C23H21FIN3O. The van der Waals surface area contributed by atoms with Gasteiger partial charge in [0.25, 0.3) is 0 Å². The van der Waals surface area contributed by atoms with Gasteiger partial charge in [-0.15, -0.1) is 0 Å². The average Bonchev–Trinajstić information content (AvgIpc) is 2.70. The number of benzene rings is 2. The minimum Gasteiger partial charge on any atom is -0.309 e. The van der Waals surface area contributed by atoms with E-state index in [1.165, 1.54) is 6.07 Å². The molecule has 4 nitrogen and oxygen atoms in total. The van der Waals surface area contributed by atoms with Gasteiger partial charge in [0.1, 0.15) is 5.82 Å². The molecule has 0 saturated carbocycles. The van der Waals surface area contributed by atoms with Crippen molar-refractivity contribution in [1.82, 2.24) is 9.97 Å². The molecule has 1 aliphatic rings. The number of hydrogen-bond donors (Lipinski definition) is 1. The highest BCUT2D eigenvalue weighted by molar-refractivity contribution is 14.1. The van der Waals surface area contributed by atoms with Crippen molar-refractivity contribution in [3.63, 3.8) is 0 Å². The van der Waals surface area contributed by atoms with Crippen molar-refractivity contribution in [3.05, 3.63) is 74.4 Å². The van der Waals surface area contributed by atoms with E-state index in [1.807, 2.05) is 24.3 Å². The van der Waals surface area contributed by atoms with Crippen LogP contribution in [0, 0.1) is 9.39 Å². The lowest BCUT2D eigenvalue weighted by Crippen LogP contribution is -2.19. The topological polar surface area (TPSA) is 54.9 Å². The molecular weight excluding hydrogens is 480 g/mol. The highest BCUT2D eigenvalue weighted by atomic mass is 127. The summed E-state index contributed by atoms with van der Waals surface area (Å²) in [5, 5.41) is 2.97. The number of amides is 1. The van der Waals surface area contributed by atoms with Gasteiger partial charge < -0.3 is 5.32 Å². The van der Waals surface area contributed by atoms with Crippen LogP contribution in [0.3, 0.4) is 0 Å². The molecule has 1 heterocycles. The van der Waals surface area contributed by atoms with E-state index in [9.17, 15) is 9.18 Å². The zero-order valence-corrected chi connectivity index (χ0v) is 18.3. The van der Waals surface area contributed by atoms with E-state index < -0.39 is 0 Å². The summed E-state index contributed by atoms with van der Waals surface area (Å²) in [7, 11) is 0. The fourth-order valence-electron chi connectivity index (χ4n) is 3.62. The van der Waals surface area contributed by atoms with E-state index in [0.29, 0.717) is 18.7 Å². The lowest BCUT2D eigenvalue weighted by molar-refractivity contribution is -0.115. The van der Waals surface area contributed by atoms with Crippen LogP contribution in [0.1, 0.15) is 35.9 Å². The van der Waals surface area contributed by atoms with Crippen LogP contribution in [-0.2, 0) is 30.5 Å². The molecule has 0 fully saturated rings. The van der Waals surface area contributed by atoms with Crippen molar-refractivity contribution in [2.45, 2.75) is 39.0 Å². The smallest absolute Gasteiger partial charge is 0.229 e. The number of hydrogen-bond acceptors (Lipinski definition) is 3. The highest BCUT2D eigenvalue weighted by Crippen LogP contribution is 2.33. The molecule has 148 valence electrons. The minimum absolute atomic E-state index is 0.101. The molecule has 4 rings (SSSR count). The summed E-state index contributed by atoms with van der Waals surface area (Å²) in [6, 6.07) is 12.7. The Morgan fingerprint density at radius 2 is 1.93 bits per heavy atom. The van der Waals surface area contributed by atoms with Crippen molar-refractivity contribution in [2.75, 3.05) is 5.32 Å². The normalized spacial score (nSPS) is 12.2. The Kier molecular flexibility index (Phi) is 5.89. The van der Waals surface area contributed by atoms with Crippen molar-refractivity contribution in [1.29, 1.82) is 0 Å². The molecule has 29 heavy (non-hydrogen) atoms. The highest BCUT2D eigenvalue weighted by Gasteiger charge is 2.22. The van der Waals surface area contributed by atoms with Gasteiger partial charge in [0.2, 0.25) is 5.91 Å². The van der Waals surface area contributed by atoms with E-state index in [1.54, 1.807) is 12.1 Å². The fraction of sp³-hybridized carbons (Fsp3) is 0.261. The third-order valence-corrected chi connectivity index (χ3v) is 5.74. The molecule has 0 aliphatic heterocycles. The summed E-state index contributed by atoms with van der Waals surface area (Å²) in [4.78, 5) is 22.2. The number of aromatic nitrogens is 2. The maximum Gasteiger partial charge on any atom is 0.229 e. The first-order chi connectivity index (χ1) is 14.0. The van der Waals surface area contributed by atoms with Crippen LogP contribution in [0.15, 0.2) is 42.5 Å². The molecule has 2 aromatic carbocycles. The summed E-state index contributed by atoms with van der Waals surface area (Å²) in [6.07, 6.45) is 3.31. The molecule has 1 amide bonds. The molecule has 0 radical (unpaired) electrons. The summed E-state index contributed by atoms with van der Waals surface area (Å²) >= 11 is 2.24. The number of halogens is 2. The molecule has 6 heteroatoms. The van der Waals surface area contributed by atoms with Gasteiger partial charge in [0, 0.05) is 9.13 Å². The first-order valence-electron chi connectivity index (χ1n) is 9.76. The summed E-state index contributed by atoms with van der Waals surface area (Å²) in [6.45, 7) is 2.07. The van der Waals surface area contributed by atoms with Gasteiger partial charge in [-0.25, -0.2) is 14.4 Å². The van der Waals surface area contributed by atoms with Crippen LogP contribution in [-0.4, -0.2) is 15.9 Å². The Balaban J connectivity index is 1.63. The van der Waals surface area contributed by atoms with E-state index >= 15 is 0 Å². The van der Waals surface area contributed by atoms with Crippen LogP contribution < -0.4 is 5.32 Å². The Hall–Kier alpha value is -2.35. The van der Waals surface area contributed by atoms with Crippen LogP contribution in [0.2, 0.25) is 0 Å².